The molecule has 0 radical (unpaired) electrons. The van der Waals surface area contributed by atoms with Gasteiger partial charge < -0.3 is 35.1 Å². The zero-order chi connectivity index (χ0) is 27.0. The quantitative estimate of drug-likeness (QED) is 0.295. The fraction of sp³-hybridized carbons (Fsp3) is 0.367. The first-order valence-electron chi connectivity index (χ1n) is 12.9. The highest BCUT2D eigenvalue weighted by atomic mass is 16.6. The van der Waals surface area contributed by atoms with Gasteiger partial charge >= 0.3 is 6.09 Å². The molecule has 204 valence electrons. The topological polar surface area (TPSA) is 114 Å². The Morgan fingerprint density at radius 1 is 0.763 bits per heavy atom. The van der Waals surface area contributed by atoms with E-state index in [1.807, 2.05) is 54.6 Å². The zero-order valence-electron chi connectivity index (χ0n) is 21.7. The Hall–Kier alpha value is -3.27. The summed E-state index contributed by atoms with van der Waals surface area (Å²) in [6, 6.07) is 26.4. The van der Waals surface area contributed by atoms with Crippen molar-refractivity contribution >= 4 is 6.09 Å². The van der Waals surface area contributed by atoms with Crippen LogP contribution < -0.4 is 5.73 Å². The highest BCUT2D eigenvalue weighted by Crippen LogP contribution is 2.44. The van der Waals surface area contributed by atoms with Crippen molar-refractivity contribution in [2.75, 3.05) is 59.3 Å². The molecule has 3 aromatic carbocycles. The fourth-order valence-corrected chi connectivity index (χ4v) is 4.32. The summed E-state index contributed by atoms with van der Waals surface area (Å²) in [5.74, 6) is 0.0283. The second kappa shape index (κ2) is 16.5. The molecule has 0 saturated carbocycles. The molecule has 1 amide bonds. The number of rotatable bonds is 13. The lowest BCUT2D eigenvalue weighted by Gasteiger charge is -2.23. The Kier molecular flexibility index (Phi) is 12.8. The van der Waals surface area contributed by atoms with Gasteiger partial charge in [0.2, 0.25) is 0 Å². The summed E-state index contributed by atoms with van der Waals surface area (Å²) in [5.41, 5.74) is 10.9. The van der Waals surface area contributed by atoms with Crippen LogP contribution in [0.25, 0.3) is 11.1 Å². The number of benzene rings is 3. The standard InChI is InChI=1S/C26H27NO4.C4H11NO2/c28-15-17-30-16-14-27(18-20-8-2-1-3-9-20)26(29)31-19-25-23-12-6-4-10-21(23)22-11-5-7-13-24(22)25;5-1-3-7-4-2-6/h1-13,25,28H,14-19H2;6H,1-5H2. The lowest BCUT2D eigenvalue weighted by Crippen LogP contribution is -2.35. The smallest absolute Gasteiger partial charge is 0.410 e. The Bertz CT molecular complexity index is 1050. The summed E-state index contributed by atoms with van der Waals surface area (Å²) in [4.78, 5) is 14.6. The van der Waals surface area contributed by atoms with Gasteiger partial charge in [-0.15, -0.1) is 0 Å². The van der Waals surface area contributed by atoms with Crippen molar-refractivity contribution in [1.29, 1.82) is 0 Å². The van der Waals surface area contributed by atoms with Crippen molar-refractivity contribution in [2.24, 2.45) is 5.73 Å². The van der Waals surface area contributed by atoms with Gasteiger partial charge in [-0.2, -0.15) is 0 Å². The molecule has 8 nitrogen and oxygen atoms in total. The molecule has 0 unspecified atom stereocenters. The number of hydrogen-bond donors (Lipinski definition) is 3. The third kappa shape index (κ3) is 8.65. The summed E-state index contributed by atoms with van der Waals surface area (Å²) in [6.07, 6.45) is -0.363. The van der Waals surface area contributed by atoms with Crippen LogP contribution in [0.3, 0.4) is 0 Å². The van der Waals surface area contributed by atoms with Crippen molar-refractivity contribution < 1.29 is 29.2 Å². The van der Waals surface area contributed by atoms with E-state index in [2.05, 4.69) is 24.3 Å². The van der Waals surface area contributed by atoms with E-state index in [-0.39, 0.29) is 38.4 Å². The van der Waals surface area contributed by atoms with Crippen LogP contribution in [-0.4, -0.2) is 80.5 Å². The Morgan fingerprint density at radius 3 is 1.89 bits per heavy atom. The van der Waals surface area contributed by atoms with Crippen LogP contribution >= 0.6 is 0 Å². The van der Waals surface area contributed by atoms with Gasteiger partial charge in [0.1, 0.15) is 6.61 Å². The third-order valence-corrected chi connectivity index (χ3v) is 6.05. The molecular weight excluding hydrogens is 484 g/mol. The van der Waals surface area contributed by atoms with Crippen LogP contribution in [0.1, 0.15) is 22.6 Å². The molecule has 0 aromatic heterocycles. The van der Waals surface area contributed by atoms with Gasteiger partial charge in [-0.05, 0) is 27.8 Å². The van der Waals surface area contributed by atoms with E-state index < -0.39 is 0 Å². The van der Waals surface area contributed by atoms with Crippen molar-refractivity contribution in [3.05, 3.63) is 95.6 Å². The van der Waals surface area contributed by atoms with Crippen molar-refractivity contribution in [2.45, 2.75) is 12.5 Å². The number of aliphatic hydroxyl groups is 2. The van der Waals surface area contributed by atoms with Crippen molar-refractivity contribution in [3.63, 3.8) is 0 Å². The predicted molar refractivity (Wildman–Crippen MR) is 147 cm³/mol. The number of ether oxygens (including phenoxy) is 3. The number of fused-ring (bicyclic) bond motifs is 3. The molecule has 1 aliphatic rings. The largest absolute Gasteiger partial charge is 0.448 e. The first-order valence-corrected chi connectivity index (χ1v) is 12.9. The maximum absolute atomic E-state index is 13.0. The lowest BCUT2D eigenvalue weighted by atomic mass is 9.98. The normalized spacial score (nSPS) is 11.8. The van der Waals surface area contributed by atoms with Crippen LogP contribution in [0, 0.1) is 0 Å². The average Bonchev–Trinajstić information content (AvgIpc) is 3.28. The first kappa shape index (κ1) is 29.3. The van der Waals surface area contributed by atoms with Gasteiger partial charge in [0.05, 0.1) is 39.6 Å². The van der Waals surface area contributed by atoms with Crippen LogP contribution in [0.4, 0.5) is 4.79 Å². The molecular formula is C30H38N2O6. The molecule has 0 saturated heterocycles. The maximum atomic E-state index is 13.0. The minimum Gasteiger partial charge on any atom is -0.448 e. The third-order valence-electron chi connectivity index (χ3n) is 6.05. The van der Waals surface area contributed by atoms with Gasteiger partial charge in [0.15, 0.2) is 0 Å². The minimum atomic E-state index is -0.363. The highest BCUT2D eigenvalue weighted by Gasteiger charge is 2.29. The molecule has 4 rings (SSSR count). The number of hydrogen-bond acceptors (Lipinski definition) is 7. The molecule has 8 heteroatoms. The van der Waals surface area contributed by atoms with E-state index in [1.54, 1.807) is 4.90 Å². The van der Waals surface area contributed by atoms with Gasteiger partial charge in [0, 0.05) is 25.6 Å². The zero-order valence-corrected chi connectivity index (χ0v) is 21.7. The molecule has 4 N–H and O–H groups in total. The van der Waals surface area contributed by atoms with Gasteiger partial charge in [-0.3, -0.25) is 0 Å². The maximum Gasteiger partial charge on any atom is 0.410 e. The SMILES string of the molecule is NCCOCCO.O=C(OCC1c2ccccc2-c2ccccc21)N(CCOCCO)Cc1ccccc1. The van der Waals surface area contributed by atoms with E-state index in [4.69, 9.17) is 30.2 Å². The molecule has 0 spiro atoms. The number of aliphatic hydroxyl groups excluding tert-OH is 2. The first-order chi connectivity index (χ1) is 18.7. The minimum absolute atomic E-state index is 0.0283. The van der Waals surface area contributed by atoms with E-state index in [0.717, 1.165) is 5.56 Å². The highest BCUT2D eigenvalue weighted by molar-refractivity contribution is 5.79. The fourth-order valence-electron chi connectivity index (χ4n) is 4.32. The van der Waals surface area contributed by atoms with Gasteiger partial charge in [-0.25, -0.2) is 4.79 Å². The number of nitrogens with zero attached hydrogens (tertiary/aromatic N) is 1. The van der Waals surface area contributed by atoms with E-state index in [1.165, 1.54) is 22.3 Å². The van der Waals surface area contributed by atoms with E-state index >= 15 is 0 Å². The number of carbonyl (C=O) groups is 1. The average molecular weight is 523 g/mol. The monoisotopic (exact) mass is 522 g/mol. The van der Waals surface area contributed by atoms with E-state index in [0.29, 0.717) is 39.5 Å². The molecule has 0 fully saturated rings. The van der Waals surface area contributed by atoms with Gasteiger partial charge in [0.25, 0.3) is 0 Å². The van der Waals surface area contributed by atoms with Crippen LogP contribution in [0.5, 0.6) is 0 Å². The van der Waals surface area contributed by atoms with Crippen molar-refractivity contribution in [1.82, 2.24) is 4.90 Å². The summed E-state index contributed by atoms with van der Waals surface area (Å²) >= 11 is 0. The number of carbonyl (C=O) groups excluding carboxylic acids is 1. The van der Waals surface area contributed by atoms with E-state index in [9.17, 15) is 4.79 Å². The molecule has 0 heterocycles. The van der Waals surface area contributed by atoms with Crippen LogP contribution in [0.15, 0.2) is 78.9 Å². The Balaban J connectivity index is 0.000000505. The second-order valence-electron chi connectivity index (χ2n) is 8.67. The number of nitrogens with two attached hydrogens (primary N) is 1. The number of amides is 1. The lowest BCUT2D eigenvalue weighted by molar-refractivity contribution is 0.0581. The van der Waals surface area contributed by atoms with Crippen LogP contribution in [-0.2, 0) is 20.8 Å². The van der Waals surface area contributed by atoms with Gasteiger partial charge in [-0.1, -0.05) is 78.9 Å². The molecule has 38 heavy (non-hydrogen) atoms. The second-order valence-corrected chi connectivity index (χ2v) is 8.67. The molecule has 0 bridgehead atoms. The van der Waals surface area contributed by atoms with Crippen LogP contribution in [0.2, 0.25) is 0 Å². The molecule has 3 aromatic rings. The Morgan fingerprint density at radius 2 is 1.32 bits per heavy atom. The Labute approximate surface area is 224 Å². The summed E-state index contributed by atoms with van der Waals surface area (Å²) in [5, 5.41) is 17.0. The molecule has 0 aliphatic heterocycles. The van der Waals surface area contributed by atoms with Crippen molar-refractivity contribution in [3.8, 4) is 11.1 Å². The summed E-state index contributed by atoms with van der Waals surface area (Å²) in [6.45, 7) is 3.24. The molecule has 1 aliphatic carbocycles. The predicted octanol–water partition coefficient (Wildman–Crippen LogP) is 3.40. The summed E-state index contributed by atoms with van der Waals surface area (Å²) in [7, 11) is 0. The summed E-state index contributed by atoms with van der Waals surface area (Å²) < 4.78 is 15.9. The molecule has 0 atom stereocenters.